The second kappa shape index (κ2) is 9.09. The number of amides is 1. The molecule has 27 heavy (non-hydrogen) atoms. The van der Waals surface area contributed by atoms with Crippen molar-refractivity contribution in [3.05, 3.63) is 63.6 Å². The SMILES string of the molecule is CC(C)c1ccc(NC(=O)C2CCN(Cc3ccc(Cl)cc3Cl)CC2)cc1. The zero-order valence-electron chi connectivity index (χ0n) is 15.8. The molecule has 1 aliphatic rings. The number of nitrogens with zero attached hydrogens (tertiary/aromatic N) is 1. The molecule has 0 unspecified atom stereocenters. The lowest BCUT2D eigenvalue weighted by atomic mass is 9.95. The Bertz CT molecular complexity index is 781. The summed E-state index contributed by atoms with van der Waals surface area (Å²) in [5.74, 6) is 0.677. The van der Waals surface area contributed by atoms with Crippen molar-refractivity contribution >= 4 is 34.8 Å². The summed E-state index contributed by atoms with van der Waals surface area (Å²) in [6.45, 7) is 6.91. The first kappa shape index (κ1) is 20.2. The Kier molecular flexibility index (Phi) is 6.80. The van der Waals surface area contributed by atoms with Crippen molar-refractivity contribution in [1.29, 1.82) is 0 Å². The summed E-state index contributed by atoms with van der Waals surface area (Å²) >= 11 is 12.2. The van der Waals surface area contributed by atoms with E-state index in [1.807, 2.05) is 24.3 Å². The van der Waals surface area contributed by atoms with Crippen LogP contribution in [-0.2, 0) is 11.3 Å². The van der Waals surface area contributed by atoms with Crippen LogP contribution >= 0.6 is 23.2 Å². The smallest absolute Gasteiger partial charge is 0.227 e. The fourth-order valence-corrected chi connectivity index (χ4v) is 3.91. The van der Waals surface area contributed by atoms with Crippen LogP contribution in [0.3, 0.4) is 0 Å². The molecule has 0 aliphatic carbocycles. The number of likely N-dealkylation sites (tertiary alicyclic amines) is 1. The minimum atomic E-state index is 0.0618. The second-order valence-corrected chi connectivity index (χ2v) is 8.40. The fraction of sp³-hybridized carbons (Fsp3) is 0.409. The third kappa shape index (κ3) is 5.47. The van der Waals surface area contributed by atoms with E-state index in [9.17, 15) is 4.79 Å². The third-order valence-electron chi connectivity index (χ3n) is 5.21. The molecule has 0 saturated carbocycles. The summed E-state index contributed by atoms with van der Waals surface area (Å²) in [5, 5.41) is 4.42. The van der Waals surface area contributed by atoms with Crippen molar-refractivity contribution < 1.29 is 4.79 Å². The lowest BCUT2D eigenvalue weighted by molar-refractivity contribution is -0.121. The van der Waals surface area contributed by atoms with Crippen LogP contribution in [-0.4, -0.2) is 23.9 Å². The lowest BCUT2D eigenvalue weighted by Gasteiger charge is -2.31. The Labute approximate surface area is 171 Å². The first-order valence-electron chi connectivity index (χ1n) is 9.49. The van der Waals surface area contributed by atoms with Crippen LogP contribution in [0.1, 0.15) is 43.7 Å². The minimum Gasteiger partial charge on any atom is -0.326 e. The van der Waals surface area contributed by atoms with Gasteiger partial charge in [-0.3, -0.25) is 9.69 Å². The van der Waals surface area contributed by atoms with Gasteiger partial charge in [-0.05, 0) is 67.2 Å². The maximum Gasteiger partial charge on any atom is 0.227 e. The Hall–Kier alpha value is -1.55. The highest BCUT2D eigenvalue weighted by atomic mass is 35.5. The van der Waals surface area contributed by atoms with Gasteiger partial charge in [-0.25, -0.2) is 0 Å². The van der Waals surface area contributed by atoms with Gasteiger partial charge in [0.05, 0.1) is 0 Å². The van der Waals surface area contributed by atoms with Crippen molar-refractivity contribution in [1.82, 2.24) is 4.90 Å². The molecule has 1 amide bonds. The Balaban J connectivity index is 1.50. The van der Waals surface area contributed by atoms with Crippen LogP contribution < -0.4 is 5.32 Å². The molecule has 2 aromatic rings. The van der Waals surface area contributed by atoms with Crippen molar-refractivity contribution in [3.8, 4) is 0 Å². The third-order valence-corrected chi connectivity index (χ3v) is 5.80. The van der Waals surface area contributed by atoms with E-state index in [1.165, 1.54) is 5.56 Å². The summed E-state index contributed by atoms with van der Waals surface area (Å²) in [7, 11) is 0. The number of hydrogen-bond donors (Lipinski definition) is 1. The quantitative estimate of drug-likeness (QED) is 0.665. The van der Waals surface area contributed by atoms with E-state index in [-0.39, 0.29) is 11.8 Å². The molecule has 1 fully saturated rings. The predicted molar refractivity (Wildman–Crippen MR) is 114 cm³/mol. The van der Waals surface area contributed by atoms with Gasteiger partial charge in [0.2, 0.25) is 5.91 Å². The van der Waals surface area contributed by atoms with E-state index in [1.54, 1.807) is 6.07 Å². The van der Waals surface area contributed by atoms with Crippen molar-refractivity contribution in [2.75, 3.05) is 18.4 Å². The van der Waals surface area contributed by atoms with E-state index < -0.39 is 0 Å². The highest BCUT2D eigenvalue weighted by Gasteiger charge is 2.25. The van der Waals surface area contributed by atoms with Gasteiger partial charge in [-0.15, -0.1) is 0 Å². The minimum absolute atomic E-state index is 0.0618. The molecule has 144 valence electrons. The Morgan fingerprint density at radius 3 is 2.37 bits per heavy atom. The van der Waals surface area contributed by atoms with Gasteiger partial charge in [0.1, 0.15) is 0 Å². The highest BCUT2D eigenvalue weighted by Crippen LogP contribution is 2.26. The number of carbonyl (C=O) groups excluding carboxylic acids is 1. The van der Waals surface area contributed by atoms with Gasteiger partial charge in [0, 0.05) is 28.2 Å². The van der Waals surface area contributed by atoms with Crippen LogP contribution in [0, 0.1) is 5.92 Å². The van der Waals surface area contributed by atoms with Crippen LogP contribution in [0.2, 0.25) is 10.0 Å². The molecular weight excluding hydrogens is 379 g/mol. The van der Waals surface area contributed by atoms with Crippen molar-refractivity contribution in [2.24, 2.45) is 5.92 Å². The second-order valence-electron chi connectivity index (χ2n) is 7.55. The molecule has 1 saturated heterocycles. The molecule has 0 radical (unpaired) electrons. The lowest BCUT2D eigenvalue weighted by Crippen LogP contribution is -2.37. The highest BCUT2D eigenvalue weighted by molar-refractivity contribution is 6.35. The van der Waals surface area contributed by atoms with Crippen LogP contribution in [0.15, 0.2) is 42.5 Å². The fourth-order valence-electron chi connectivity index (χ4n) is 3.44. The first-order chi connectivity index (χ1) is 12.9. The Morgan fingerprint density at radius 1 is 1.11 bits per heavy atom. The van der Waals surface area contributed by atoms with Gasteiger partial charge in [0.15, 0.2) is 0 Å². The maximum atomic E-state index is 12.6. The predicted octanol–water partition coefficient (Wildman–Crippen LogP) is 5.97. The van der Waals surface area contributed by atoms with Gasteiger partial charge >= 0.3 is 0 Å². The molecule has 0 spiro atoms. The molecule has 3 nitrogen and oxygen atoms in total. The number of piperidine rings is 1. The first-order valence-corrected chi connectivity index (χ1v) is 10.2. The summed E-state index contributed by atoms with van der Waals surface area (Å²) in [5.41, 5.74) is 3.23. The summed E-state index contributed by atoms with van der Waals surface area (Å²) in [6, 6.07) is 13.8. The van der Waals surface area contributed by atoms with Gasteiger partial charge in [-0.1, -0.05) is 55.2 Å². The average molecular weight is 405 g/mol. The number of anilines is 1. The molecule has 1 N–H and O–H groups in total. The number of nitrogens with one attached hydrogen (secondary N) is 1. The maximum absolute atomic E-state index is 12.6. The molecule has 0 bridgehead atoms. The van der Waals surface area contributed by atoms with Gasteiger partial charge in [0.25, 0.3) is 0 Å². The molecule has 0 aromatic heterocycles. The zero-order valence-corrected chi connectivity index (χ0v) is 17.4. The number of hydrogen-bond acceptors (Lipinski definition) is 2. The average Bonchev–Trinajstić information content (AvgIpc) is 2.65. The standard InChI is InChI=1S/C22H26Cl2N2O/c1-15(2)16-4-7-20(8-5-16)25-22(27)17-9-11-26(12-10-17)14-18-3-6-19(23)13-21(18)24/h3-8,13,15,17H,9-12,14H2,1-2H3,(H,25,27). The molecular formula is C22H26Cl2N2O. The van der Waals surface area contributed by atoms with E-state index in [0.29, 0.717) is 16.0 Å². The van der Waals surface area contributed by atoms with E-state index in [4.69, 9.17) is 23.2 Å². The Morgan fingerprint density at radius 2 is 1.78 bits per heavy atom. The van der Waals surface area contributed by atoms with Crippen LogP contribution in [0.4, 0.5) is 5.69 Å². The monoisotopic (exact) mass is 404 g/mol. The van der Waals surface area contributed by atoms with Crippen LogP contribution in [0.25, 0.3) is 0 Å². The number of halogens is 2. The normalized spacial score (nSPS) is 15.9. The molecule has 1 aliphatic heterocycles. The topological polar surface area (TPSA) is 32.3 Å². The number of rotatable bonds is 5. The molecule has 3 rings (SSSR count). The van der Waals surface area contributed by atoms with Gasteiger partial charge in [-0.2, -0.15) is 0 Å². The number of benzene rings is 2. The van der Waals surface area contributed by atoms with Gasteiger partial charge < -0.3 is 5.32 Å². The van der Waals surface area contributed by atoms with Crippen molar-refractivity contribution in [3.63, 3.8) is 0 Å². The van der Waals surface area contributed by atoms with Crippen LogP contribution in [0.5, 0.6) is 0 Å². The molecule has 0 atom stereocenters. The molecule has 1 heterocycles. The zero-order chi connectivity index (χ0) is 19.4. The van der Waals surface area contributed by atoms with E-state index in [0.717, 1.165) is 43.7 Å². The summed E-state index contributed by atoms with van der Waals surface area (Å²) in [6.07, 6.45) is 1.72. The van der Waals surface area contributed by atoms with E-state index in [2.05, 4.69) is 36.2 Å². The van der Waals surface area contributed by atoms with E-state index >= 15 is 0 Å². The molecule has 5 heteroatoms. The number of carbonyl (C=O) groups is 1. The molecule has 2 aromatic carbocycles. The largest absolute Gasteiger partial charge is 0.326 e. The summed E-state index contributed by atoms with van der Waals surface area (Å²) < 4.78 is 0. The summed E-state index contributed by atoms with van der Waals surface area (Å²) in [4.78, 5) is 14.9. The van der Waals surface area contributed by atoms with Crippen molar-refractivity contribution in [2.45, 2.75) is 39.2 Å².